The Morgan fingerprint density at radius 3 is 2.59 bits per heavy atom. The van der Waals surface area contributed by atoms with Crippen molar-refractivity contribution >= 4 is 5.91 Å². The van der Waals surface area contributed by atoms with Gasteiger partial charge in [0.15, 0.2) is 0 Å². The summed E-state index contributed by atoms with van der Waals surface area (Å²) in [5.74, 6) is 0.131. The van der Waals surface area contributed by atoms with Crippen molar-refractivity contribution < 1.29 is 4.79 Å². The highest BCUT2D eigenvalue weighted by Crippen LogP contribution is 2.09. The van der Waals surface area contributed by atoms with Crippen molar-refractivity contribution in [2.75, 3.05) is 19.6 Å². The van der Waals surface area contributed by atoms with Crippen LogP contribution in [0.25, 0.3) is 0 Å². The monoisotopic (exact) mass is 241 g/mol. The number of rotatable bonds is 6. The van der Waals surface area contributed by atoms with Crippen molar-refractivity contribution in [2.24, 2.45) is 0 Å². The summed E-state index contributed by atoms with van der Waals surface area (Å²) >= 11 is 0. The minimum atomic E-state index is 0.131. The number of amides is 1. The first-order valence-electron chi connectivity index (χ1n) is 6.76. The third-order valence-electron chi connectivity index (χ3n) is 3.14. The van der Waals surface area contributed by atoms with Gasteiger partial charge in [-0.2, -0.15) is 0 Å². The van der Waals surface area contributed by atoms with Gasteiger partial charge in [0, 0.05) is 24.7 Å². The lowest BCUT2D eigenvalue weighted by Crippen LogP contribution is -2.47. The molecule has 0 aromatic heterocycles. The van der Waals surface area contributed by atoms with Crippen LogP contribution in [0.4, 0.5) is 0 Å². The highest BCUT2D eigenvalue weighted by Gasteiger charge is 2.21. The van der Waals surface area contributed by atoms with E-state index in [9.17, 15) is 4.79 Å². The Bertz CT molecular complexity index is 235. The molecule has 1 aliphatic rings. The second kappa shape index (κ2) is 6.97. The molecule has 100 valence electrons. The summed E-state index contributed by atoms with van der Waals surface area (Å²) in [5, 5.41) is 6.43. The predicted molar refractivity (Wildman–Crippen MR) is 71.0 cm³/mol. The predicted octanol–water partition coefficient (Wildman–Crippen LogP) is 0.973. The van der Waals surface area contributed by atoms with Gasteiger partial charge in [0.25, 0.3) is 0 Å². The van der Waals surface area contributed by atoms with Crippen LogP contribution >= 0.6 is 0 Å². The molecule has 4 nitrogen and oxygen atoms in total. The topological polar surface area (TPSA) is 44.4 Å². The van der Waals surface area contributed by atoms with E-state index in [1.807, 2.05) is 13.8 Å². The molecule has 2 N–H and O–H groups in total. The molecule has 0 aromatic rings. The van der Waals surface area contributed by atoms with Crippen LogP contribution in [0.2, 0.25) is 0 Å². The molecule has 0 aromatic carbocycles. The number of hydrogen-bond donors (Lipinski definition) is 2. The lowest BCUT2D eigenvalue weighted by atomic mass is 10.2. The maximum absolute atomic E-state index is 11.8. The second-order valence-corrected chi connectivity index (χ2v) is 5.54. The Kier molecular flexibility index (Phi) is 5.92. The van der Waals surface area contributed by atoms with Crippen LogP contribution in [-0.2, 0) is 4.79 Å². The fourth-order valence-electron chi connectivity index (χ4n) is 2.21. The molecule has 0 saturated carbocycles. The van der Waals surface area contributed by atoms with Gasteiger partial charge < -0.3 is 10.6 Å². The van der Waals surface area contributed by atoms with Gasteiger partial charge in [0.05, 0.1) is 6.54 Å². The molecule has 1 heterocycles. The van der Waals surface area contributed by atoms with Gasteiger partial charge in [0.1, 0.15) is 0 Å². The molecule has 17 heavy (non-hydrogen) atoms. The van der Waals surface area contributed by atoms with Gasteiger partial charge in [-0.1, -0.05) is 0 Å². The van der Waals surface area contributed by atoms with Crippen LogP contribution in [-0.4, -0.2) is 48.6 Å². The third-order valence-corrected chi connectivity index (χ3v) is 3.14. The van der Waals surface area contributed by atoms with Crippen LogP contribution < -0.4 is 10.6 Å². The minimum absolute atomic E-state index is 0.131. The molecular weight excluding hydrogens is 214 g/mol. The normalized spacial score (nSPS) is 20.5. The zero-order chi connectivity index (χ0) is 12.8. The number of carbonyl (C=O) groups excluding carboxylic acids is 1. The number of nitrogens with one attached hydrogen (secondary N) is 2. The largest absolute Gasteiger partial charge is 0.353 e. The van der Waals surface area contributed by atoms with Crippen LogP contribution in [0.15, 0.2) is 0 Å². The molecule has 1 fully saturated rings. The molecule has 0 radical (unpaired) electrons. The maximum Gasteiger partial charge on any atom is 0.234 e. The third kappa shape index (κ3) is 5.50. The highest BCUT2D eigenvalue weighted by atomic mass is 16.2. The fraction of sp³-hybridized carbons (Fsp3) is 0.923. The lowest BCUT2D eigenvalue weighted by Gasteiger charge is -2.29. The molecule has 0 aliphatic carbocycles. The molecular formula is C13H27N3O. The number of hydrogen-bond acceptors (Lipinski definition) is 3. The fourth-order valence-corrected chi connectivity index (χ4v) is 2.21. The summed E-state index contributed by atoms with van der Waals surface area (Å²) in [6.07, 6.45) is 2.49. The molecule has 1 aliphatic heterocycles. The first kappa shape index (κ1) is 14.5. The molecule has 4 heteroatoms. The second-order valence-electron chi connectivity index (χ2n) is 5.54. The zero-order valence-electron chi connectivity index (χ0n) is 11.6. The van der Waals surface area contributed by atoms with Crippen molar-refractivity contribution in [3.63, 3.8) is 0 Å². The van der Waals surface area contributed by atoms with Gasteiger partial charge in [-0.05, 0) is 47.1 Å². The van der Waals surface area contributed by atoms with E-state index in [0.717, 1.165) is 13.1 Å². The quantitative estimate of drug-likeness (QED) is 0.728. The average molecular weight is 241 g/mol. The lowest BCUT2D eigenvalue weighted by molar-refractivity contribution is -0.123. The zero-order valence-corrected chi connectivity index (χ0v) is 11.6. The van der Waals surface area contributed by atoms with E-state index in [4.69, 9.17) is 0 Å². The summed E-state index contributed by atoms with van der Waals surface area (Å²) in [5.41, 5.74) is 0. The molecule has 1 unspecified atom stereocenters. The van der Waals surface area contributed by atoms with Gasteiger partial charge in [-0.3, -0.25) is 9.69 Å². The van der Waals surface area contributed by atoms with Crippen molar-refractivity contribution in [2.45, 2.75) is 58.7 Å². The molecule has 0 spiro atoms. The average Bonchev–Trinajstić information content (AvgIpc) is 2.67. The van der Waals surface area contributed by atoms with Crippen LogP contribution in [0, 0.1) is 0 Å². The minimum Gasteiger partial charge on any atom is -0.353 e. The first-order valence-corrected chi connectivity index (χ1v) is 6.76. The van der Waals surface area contributed by atoms with Gasteiger partial charge >= 0.3 is 0 Å². The maximum atomic E-state index is 11.8. The van der Waals surface area contributed by atoms with E-state index in [1.54, 1.807) is 0 Å². The number of carbonyl (C=O) groups is 1. The van der Waals surface area contributed by atoms with E-state index >= 15 is 0 Å². The molecule has 0 bridgehead atoms. The Hall–Kier alpha value is -0.610. The Balaban J connectivity index is 2.39. The van der Waals surface area contributed by atoms with E-state index < -0.39 is 0 Å². The Morgan fingerprint density at radius 1 is 1.41 bits per heavy atom. The van der Waals surface area contributed by atoms with Crippen LogP contribution in [0.3, 0.4) is 0 Å². The van der Waals surface area contributed by atoms with E-state index in [1.165, 1.54) is 12.8 Å². The molecule has 1 rings (SSSR count). The summed E-state index contributed by atoms with van der Waals surface area (Å²) in [6, 6.07) is 1.20. The molecule has 1 amide bonds. The van der Waals surface area contributed by atoms with Crippen molar-refractivity contribution in [1.29, 1.82) is 0 Å². The van der Waals surface area contributed by atoms with Gasteiger partial charge in [-0.25, -0.2) is 0 Å². The van der Waals surface area contributed by atoms with Crippen molar-refractivity contribution in [3.8, 4) is 0 Å². The van der Waals surface area contributed by atoms with Gasteiger partial charge in [-0.15, -0.1) is 0 Å². The van der Waals surface area contributed by atoms with Gasteiger partial charge in [0.2, 0.25) is 5.91 Å². The summed E-state index contributed by atoms with van der Waals surface area (Å²) in [4.78, 5) is 14.0. The van der Waals surface area contributed by atoms with E-state index in [0.29, 0.717) is 18.6 Å². The van der Waals surface area contributed by atoms with Crippen molar-refractivity contribution in [1.82, 2.24) is 15.5 Å². The molecule has 1 atom stereocenters. The van der Waals surface area contributed by atoms with E-state index in [2.05, 4.69) is 29.4 Å². The Labute approximate surface area is 105 Å². The first-order chi connectivity index (χ1) is 7.99. The highest BCUT2D eigenvalue weighted by molar-refractivity contribution is 5.78. The summed E-state index contributed by atoms with van der Waals surface area (Å²) < 4.78 is 0. The molecule has 1 saturated heterocycles. The Morgan fingerprint density at radius 2 is 2.12 bits per heavy atom. The smallest absolute Gasteiger partial charge is 0.234 e. The standard InChI is InChI=1S/C13H27N3O/c1-10(2)15-13(17)9-16(11(3)4)8-12-6-5-7-14-12/h10-12,14H,5-9H2,1-4H3,(H,15,17). The van der Waals surface area contributed by atoms with E-state index in [-0.39, 0.29) is 11.9 Å². The number of nitrogens with zero attached hydrogens (tertiary/aromatic N) is 1. The van der Waals surface area contributed by atoms with Crippen molar-refractivity contribution in [3.05, 3.63) is 0 Å². The summed E-state index contributed by atoms with van der Waals surface area (Å²) in [6.45, 7) is 10.9. The van der Waals surface area contributed by atoms with Crippen LogP contribution in [0.5, 0.6) is 0 Å². The van der Waals surface area contributed by atoms with Crippen LogP contribution in [0.1, 0.15) is 40.5 Å². The SMILES string of the molecule is CC(C)NC(=O)CN(CC1CCCN1)C(C)C. The summed E-state index contributed by atoms with van der Waals surface area (Å²) in [7, 11) is 0.